The van der Waals surface area contributed by atoms with E-state index < -0.39 is 22.6 Å². The Labute approximate surface area is 152 Å². The summed E-state index contributed by atoms with van der Waals surface area (Å²) in [5.74, 6) is 2.11. The molecule has 5 nitrogen and oxygen atoms in total. The van der Waals surface area contributed by atoms with Gasteiger partial charge in [0.2, 0.25) is 5.67 Å². The summed E-state index contributed by atoms with van der Waals surface area (Å²) in [6.45, 7) is 0.0114. The Morgan fingerprint density at radius 2 is 2.12 bits per heavy atom. The smallest absolute Gasteiger partial charge is 0.330 e. The molecule has 2 unspecified atom stereocenters. The molecule has 0 spiro atoms. The highest BCUT2D eigenvalue weighted by Gasteiger charge is 2.59. The van der Waals surface area contributed by atoms with Crippen molar-refractivity contribution in [3.63, 3.8) is 0 Å². The number of nitrogens with zero attached hydrogens (tertiary/aromatic N) is 1. The van der Waals surface area contributed by atoms with Crippen LogP contribution in [0.15, 0.2) is 40.1 Å². The molecule has 1 saturated heterocycles. The maximum Gasteiger partial charge on any atom is 0.330 e. The Kier molecular flexibility index (Phi) is 4.50. The average molecular weight is 383 g/mol. The van der Waals surface area contributed by atoms with Crippen LogP contribution in [0.1, 0.15) is 12.0 Å². The Balaban J connectivity index is 2.22. The summed E-state index contributed by atoms with van der Waals surface area (Å²) >= 11 is 12.1. The Morgan fingerprint density at radius 3 is 2.76 bits per heavy atom. The van der Waals surface area contributed by atoms with Gasteiger partial charge in [0.15, 0.2) is 5.72 Å². The number of halogens is 3. The molecule has 1 N–H and O–H groups in total. The minimum absolute atomic E-state index is 0.0114. The largest absolute Gasteiger partial charge is 0.350 e. The van der Waals surface area contributed by atoms with Gasteiger partial charge < -0.3 is 4.74 Å². The first-order valence-corrected chi connectivity index (χ1v) is 8.14. The molecule has 0 amide bonds. The molecule has 3 rings (SSSR count). The van der Waals surface area contributed by atoms with Crippen LogP contribution in [0.2, 0.25) is 10.0 Å². The SMILES string of the molecule is C#CC1(F)CCOC1(Cc1ccc(Cl)cc1Cl)n1ccc(=O)[nH]c1=O. The van der Waals surface area contributed by atoms with Crippen molar-refractivity contribution in [3.8, 4) is 12.3 Å². The van der Waals surface area contributed by atoms with E-state index in [1.165, 1.54) is 12.3 Å². The number of ether oxygens (including phenoxy) is 1. The number of aromatic amines is 1. The molecule has 0 bridgehead atoms. The average Bonchev–Trinajstić information content (AvgIpc) is 2.88. The zero-order valence-corrected chi connectivity index (χ0v) is 14.4. The summed E-state index contributed by atoms with van der Waals surface area (Å²) in [4.78, 5) is 25.8. The standard InChI is InChI=1S/C17H13Cl2FN2O3/c1-2-16(20)6-8-25-17(16,22-7-5-14(23)21-15(22)24)10-11-3-4-12(18)9-13(11)19/h1,3-5,7,9H,6,8,10H2,(H,21,23,24). The van der Waals surface area contributed by atoms with E-state index in [9.17, 15) is 9.59 Å². The fourth-order valence-corrected chi connectivity index (χ4v) is 3.49. The van der Waals surface area contributed by atoms with Gasteiger partial charge in [-0.25, -0.2) is 9.18 Å². The molecule has 1 aliphatic rings. The van der Waals surface area contributed by atoms with Crippen molar-refractivity contribution in [1.82, 2.24) is 9.55 Å². The van der Waals surface area contributed by atoms with Crippen LogP contribution in [-0.2, 0) is 16.9 Å². The van der Waals surface area contributed by atoms with E-state index in [4.69, 9.17) is 34.4 Å². The summed E-state index contributed by atoms with van der Waals surface area (Å²) in [5, 5.41) is 0.707. The molecule has 0 aliphatic carbocycles. The van der Waals surface area contributed by atoms with Crippen molar-refractivity contribution < 1.29 is 9.13 Å². The van der Waals surface area contributed by atoms with Crippen molar-refractivity contribution in [2.24, 2.45) is 0 Å². The van der Waals surface area contributed by atoms with Crippen LogP contribution in [-0.4, -0.2) is 21.8 Å². The van der Waals surface area contributed by atoms with Crippen molar-refractivity contribution >= 4 is 23.2 Å². The second-order valence-corrected chi connectivity index (χ2v) is 6.56. The molecule has 1 aromatic carbocycles. The van der Waals surface area contributed by atoms with Crippen LogP contribution in [0, 0.1) is 12.3 Å². The van der Waals surface area contributed by atoms with Gasteiger partial charge in [-0.2, -0.15) is 0 Å². The lowest BCUT2D eigenvalue weighted by Crippen LogP contribution is -2.55. The van der Waals surface area contributed by atoms with E-state index in [2.05, 4.69) is 10.9 Å². The Morgan fingerprint density at radius 1 is 1.36 bits per heavy atom. The molecule has 0 saturated carbocycles. The van der Waals surface area contributed by atoms with E-state index >= 15 is 4.39 Å². The first kappa shape index (κ1) is 17.7. The summed E-state index contributed by atoms with van der Waals surface area (Å²) in [6, 6.07) is 5.82. The maximum absolute atomic E-state index is 15.5. The van der Waals surface area contributed by atoms with Crippen LogP contribution in [0.25, 0.3) is 0 Å². The molecule has 2 aromatic rings. The van der Waals surface area contributed by atoms with E-state index in [1.54, 1.807) is 12.1 Å². The van der Waals surface area contributed by atoms with Crippen LogP contribution in [0.3, 0.4) is 0 Å². The molecular weight excluding hydrogens is 370 g/mol. The third kappa shape index (κ3) is 2.89. The van der Waals surface area contributed by atoms with Gasteiger partial charge in [-0.1, -0.05) is 35.2 Å². The minimum atomic E-state index is -2.27. The fourth-order valence-electron chi connectivity index (χ4n) is 3.02. The lowest BCUT2D eigenvalue weighted by atomic mass is 9.86. The quantitative estimate of drug-likeness (QED) is 0.829. The van der Waals surface area contributed by atoms with E-state index in [1.807, 2.05) is 0 Å². The first-order valence-electron chi connectivity index (χ1n) is 7.38. The summed E-state index contributed by atoms with van der Waals surface area (Å²) in [5.41, 5.74) is -5.03. The molecule has 2 heterocycles. The molecule has 130 valence electrons. The number of hydrogen-bond donors (Lipinski definition) is 1. The predicted molar refractivity (Wildman–Crippen MR) is 92.7 cm³/mol. The van der Waals surface area contributed by atoms with Crippen LogP contribution < -0.4 is 11.2 Å². The molecule has 8 heteroatoms. The number of H-pyrrole nitrogens is 1. The van der Waals surface area contributed by atoms with E-state index in [0.717, 1.165) is 10.6 Å². The highest BCUT2D eigenvalue weighted by molar-refractivity contribution is 6.35. The second kappa shape index (κ2) is 6.34. The van der Waals surface area contributed by atoms with Gasteiger partial charge in [-0.15, -0.1) is 6.42 Å². The third-order valence-electron chi connectivity index (χ3n) is 4.29. The normalized spacial score (nSPS) is 25.7. The zero-order valence-electron chi connectivity index (χ0n) is 12.9. The van der Waals surface area contributed by atoms with E-state index in [0.29, 0.717) is 15.6 Å². The molecule has 0 radical (unpaired) electrons. The van der Waals surface area contributed by atoms with Gasteiger partial charge >= 0.3 is 5.69 Å². The number of benzene rings is 1. The Hall–Kier alpha value is -2.07. The van der Waals surface area contributed by atoms with Gasteiger partial charge in [0, 0.05) is 35.2 Å². The summed E-state index contributed by atoms with van der Waals surface area (Å²) < 4.78 is 22.2. The molecule has 1 aromatic heterocycles. The number of alkyl halides is 1. The highest BCUT2D eigenvalue weighted by atomic mass is 35.5. The van der Waals surface area contributed by atoms with Crippen molar-refractivity contribution in [2.75, 3.05) is 6.61 Å². The van der Waals surface area contributed by atoms with Crippen LogP contribution in [0.4, 0.5) is 4.39 Å². The molecular formula is C17H13Cl2FN2O3. The van der Waals surface area contributed by atoms with Gasteiger partial charge in [0.25, 0.3) is 5.56 Å². The summed E-state index contributed by atoms with van der Waals surface area (Å²) in [7, 11) is 0. The van der Waals surface area contributed by atoms with Gasteiger partial charge in [-0.3, -0.25) is 14.3 Å². The van der Waals surface area contributed by atoms with Crippen molar-refractivity contribution in [3.05, 3.63) is 66.9 Å². The van der Waals surface area contributed by atoms with Crippen LogP contribution in [0.5, 0.6) is 0 Å². The fraction of sp³-hybridized carbons (Fsp3) is 0.294. The summed E-state index contributed by atoms with van der Waals surface area (Å²) in [6.07, 6.45) is 6.39. The molecule has 1 fully saturated rings. The van der Waals surface area contributed by atoms with E-state index in [-0.39, 0.29) is 19.4 Å². The maximum atomic E-state index is 15.5. The monoisotopic (exact) mass is 382 g/mol. The topological polar surface area (TPSA) is 64.1 Å². The number of terminal acetylenes is 1. The van der Waals surface area contributed by atoms with Gasteiger partial charge in [-0.05, 0) is 17.7 Å². The van der Waals surface area contributed by atoms with Crippen LogP contribution >= 0.6 is 23.2 Å². The molecule has 25 heavy (non-hydrogen) atoms. The number of rotatable bonds is 3. The van der Waals surface area contributed by atoms with Gasteiger partial charge in [0.1, 0.15) is 0 Å². The highest BCUT2D eigenvalue weighted by Crippen LogP contribution is 2.45. The lowest BCUT2D eigenvalue weighted by Gasteiger charge is -2.37. The first-order chi connectivity index (χ1) is 11.8. The number of hydrogen-bond acceptors (Lipinski definition) is 3. The zero-order chi connectivity index (χ0) is 18.2. The second-order valence-electron chi connectivity index (χ2n) is 5.72. The van der Waals surface area contributed by atoms with Gasteiger partial charge in [0.05, 0.1) is 6.61 Å². The Bertz CT molecular complexity index is 981. The number of nitrogens with one attached hydrogen (secondary N) is 1. The molecule has 1 aliphatic heterocycles. The molecule has 2 atom stereocenters. The third-order valence-corrected chi connectivity index (χ3v) is 4.88. The number of aromatic nitrogens is 2. The van der Waals surface area contributed by atoms with Crippen molar-refractivity contribution in [2.45, 2.75) is 24.2 Å². The predicted octanol–water partition coefficient (Wildman–Crippen LogP) is 2.50. The minimum Gasteiger partial charge on any atom is -0.350 e. The lowest BCUT2D eigenvalue weighted by molar-refractivity contribution is -0.123. The van der Waals surface area contributed by atoms with Crippen molar-refractivity contribution in [1.29, 1.82) is 0 Å².